The number of likely N-dealkylation sites (N-methyl/N-ethyl adjacent to an activating group) is 1. The Kier molecular flexibility index (Phi) is 4.35. The average Bonchev–Trinajstić information content (AvgIpc) is 2.64. The van der Waals surface area contributed by atoms with E-state index in [1.54, 1.807) is 7.05 Å². The molecule has 2 aliphatic heterocycles. The van der Waals surface area contributed by atoms with Crippen molar-refractivity contribution < 1.29 is 9.59 Å². The van der Waals surface area contributed by atoms with Crippen LogP contribution in [0.25, 0.3) is 0 Å². The molecule has 2 aliphatic rings. The van der Waals surface area contributed by atoms with Crippen LogP contribution in [0, 0.1) is 5.92 Å². The van der Waals surface area contributed by atoms with Crippen molar-refractivity contribution in [3.63, 3.8) is 0 Å². The van der Waals surface area contributed by atoms with Crippen LogP contribution in [0.4, 0.5) is 0 Å². The highest BCUT2D eigenvalue weighted by Crippen LogP contribution is 2.17. The molecule has 2 rings (SSSR count). The number of likely N-dealkylation sites (tertiary alicyclic amines) is 2. The molecule has 2 heterocycles. The molecule has 2 amide bonds. The largest absolute Gasteiger partial charge is 0.305 e. The topological polar surface area (TPSA) is 52.7 Å². The number of rotatable bonds is 4. The normalized spacial score (nSPS) is 27.2. The van der Waals surface area contributed by atoms with Gasteiger partial charge in [0.1, 0.15) is 0 Å². The first-order valence-corrected chi connectivity index (χ1v) is 6.88. The Labute approximate surface area is 108 Å². The fraction of sp³-hybridized carbons (Fsp3) is 0.846. The first kappa shape index (κ1) is 13.5. The highest BCUT2D eigenvalue weighted by Gasteiger charge is 2.35. The SMILES string of the molecule is CCN1CCC(CNC2CC(=O)N(C)C2=O)CC1. The Balaban J connectivity index is 1.73. The summed E-state index contributed by atoms with van der Waals surface area (Å²) in [7, 11) is 1.56. The lowest BCUT2D eigenvalue weighted by Gasteiger charge is -2.31. The molecular formula is C13H23N3O2. The molecule has 1 unspecified atom stereocenters. The minimum absolute atomic E-state index is 0.0710. The van der Waals surface area contributed by atoms with Gasteiger partial charge >= 0.3 is 0 Å². The van der Waals surface area contributed by atoms with Crippen LogP contribution in [0.2, 0.25) is 0 Å². The zero-order valence-corrected chi connectivity index (χ0v) is 11.3. The number of carbonyl (C=O) groups excluding carboxylic acids is 2. The predicted molar refractivity (Wildman–Crippen MR) is 69.0 cm³/mol. The smallest absolute Gasteiger partial charge is 0.246 e. The first-order valence-electron chi connectivity index (χ1n) is 6.88. The van der Waals surface area contributed by atoms with E-state index in [1.165, 1.54) is 17.7 Å². The number of imide groups is 1. The van der Waals surface area contributed by atoms with Gasteiger partial charge < -0.3 is 10.2 Å². The maximum absolute atomic E-state index is 11.7. The summed E-state index contributed by atoms with van der Waals surface area (Å²) in [6.45, 7) is 6.48. The molecule has 2 saturated heterocycles. The molecule has 0 aromatic rings. The molecular weight excluding hydrogens is 230 g/mol. The third kappa shape index (κ3) is 2.90. The van der Waals surface area contributed by atoms with Crippen molar-refractivity contribution in [3.05, 3.63) is 0 Å². The number of hydrogen-bond donors (Lipinski definition) is 1. The van der Waals surface area contributed by atoms with Gasteiger partial charge in [0.05, 0.1) is 12.5 Å². The number of nitrogens with one attached hydrogen (secondary N) is 1. The Hall–Kier alpha value is -0.940. The molecule has 0 saturated carbocycles. The summed E-state index contributed by atoms with van der Waals surface area (Å²) in [6, 6.07) is -0.285. The molecule has 0 aromatic heterocycles. The minimum Gasteiger partial charge on any atom is -0.305 e. The van der Waals surface area contributed by atoms with E-state index >= 15 is 0 Å². The summed E-state index contributed by atoms with van der Waals surface area (Å²) >= 11 is 0. The predicted octanol–water partition coefficient (Wildman–Crippen LogP) is 0.0652. The fourth-order valence-corrected chi connectivity index (χ4v) is 2.73. The molecule has 0 aliphatic carbocycles. The third-order valence-electron chi connectivity index (χ3n) is 4.19. The van der Waals surface area contributed by atoms with Gasteiger partial charge in [0, 0.05) is 7.05 Å². The molecule has 2 fully saturated rings. The Morgan fingerprint density at radius 1 is 1.28 bits per heavy atom. The molecule has 5 heteroatoms. The van der Waals surface area contributed by atoms with E-state index in [1.807, 2.05) is 0 Å². The van der Waals surface area contributed by atoms with Crippen molar-refractivity contribution in [2.24, 2.45) is 5.92 Å². The van der Waals surface area contributed by atoms with Gasteiger partial charge in [0.15, 0.2) is 0 Å². The quantitative estimate of drug-likeness (QED) is 0.720. The summed E-state index contributed by atoms with van der Waals surface area (Å²) in [5.74, 6) is 0.492. The van der Waals surface area contributed by atoms with Crippen molar-refractivity contribution >= 4 is 11.8 Å². The molecule has 1 atom stereocenters. The Morgan fingerprint density at radius 3 is 2.44 bits per heavy atom. The van der Waals surface area contributed by atoms with E-state index in [2.05, 4.69) is 17.1 Å². The standard InChI is InChI=1S/C13H23N3O2/c1-3-16-6-4-10(5-7-16)9-14-11-8-12(17)15(2)13(11)18/h10-11,14H,3-9H2,1-2H3. The molecule has 0 bridgehead atoms. The summed E-state index contributed by atoms with van der Waals surface area (Å²) in [5.41, 5.74) is 0. The first-order chi connectivity index (χ1) is 8.61. The lowest BCUT2D eigenvalue weighted by molar-refractivity contribution is -0.137. The average molecular weight is 253 g/mol. The minimum atomic E-state index is -0.285. The van der Waals surface area contributed by atoms with Gasteiger partial charge in [0.25, 0.3) is 0 Å². The van der Waals surface area contributed by atoms with Gasteiger partial charge in [-0.3, -0.25) is 14.5 Å². The number of hydrogen-bond acceptors (Lipinski definition) is 4. The van der Waals surface area contributed by atoms with E-state index < -0.39 is 0 Å². The van der Waals surface area contributed by atoms with Crippen molar-refractivity contribution in [2.75, 3.05) is 33.2 Å². The number of carbonyl (C=O) groups is 2. The number of piperidine rings is 1. The summed E-state index contributed by atoms with van der Waals surface area (Å²) in [5, 5.41) is 3.26. The molecule has 102 valence electrons. The zero-order valence-electron chi connectivity index (χ0n) is 11.3. The van der Waals surface area contributed by atoms with Gasteiger partial charge in [-0.05, 0) is 44.9 Å². The van der Waals surface area contributed by atoms with Gasteiger partial charge in [-0.2, -0.15) is 0 Å². The Bertz CT molecular complexity index is 324. The zero-order chi connectivity index (χ0) is 13.1. The maximum Gasteiger partial charge on any atom is 0.246 e. The van der Waals surface area contributed by atoms with Gasteiger partial charge in [0.2, 0.25) is 11.8 Å². The summed E-state index contributed by atoms with van der Waals surface area (Å²) in [6.07, 6.45) is 2.69. The second kappa shape index (κ2) is 5.80. The van der Waals surface area contributed by atoms with E-state index in [4.69, 9.17) is 0 Å². The van der Waals surface area contributed by atoms with E-state index in [0.29, 0.717) is 12.3 Å². The van der Waals surface area contributed by atoms with Gasteiger partial charge in [-0.25, -0.2) is 0 Å². The van der Waals surface area contributed by atoms with E-state index in [-0.39, 0.29) is 17.9 Å². The van der Waals surface area contributed by atoms with Crippen LogP contribution < -0.4 is 5.32 Å². The highest BCUT2D eigenvalue weighted by molar-refractivity contribution is 6.05. The Morgan fingerprint density at radius 2 is 1.94 bits per heavy atom. The number of amides is 2. The van der Waals surface area contributed by atoms with Crippen LogP contribution in [0.3, 0.4) is 0 Å². The lowest BCUT2D eigenvalue weighted by Crippen LogP contribution is -2.42. The van der Waals surface area contributed by atoms with Gasteiger partial charge in [-0.1, -0.05) is 6.92 Å². The second-order valence-corrected chi connectivity index (χ2v) is 5.33. The molecule has 1 N–H and O–H groups in total. The van der Waals surface area contributed by atoms with Crippen molar-refractivity contribution in [1.29, 1.82) is 0 Å². The maximum atomic E-state index is 11.7. The van der Waals surface area contributed by atoms with Crippen LogP contribution in [0.15, 0.2) is 0 Å². The van der Waals surface area contributed by atoms with Crippen LogP contribution in [-0.4, -0.2) is 60.9 Å². The van der Waals surface area contributed by atoms with Gasteiger partial charge in [-0.15, -0.1) is 0 Å². The van der Waals surface area contributed by atoms with Crippen LogP contribution in [0.5, 0.6) is 0 Å². The summed E-state index contributed by atoms with van der Waals surface area (Å²) < 4.78 is 0. The monoisotopic (exact) mass is 253 g/mol. The third-order valence-corrected chi connectivity index (χ3v) is 4.19. The fourth-order valence-electron chi connectivity index (χ4n) is 2.73. The van der Waals surface area contributed by atoms with Crippen molar-refractivity contribution in [2.45, 2.75) is 32.2 Å². The lowest BCUT2D eigenvalue weighted by atomic mass is 9.96. The molecule has 0 spiro atoms. The van der Waals surface area contributed by atoms with E-state index in [0.717, 1.165) is 26.2 Å². The number of nitrogens with zero attached hydrogens (tertiary/aromatic N) is 2. The van der Waals surface area contributed by atoms with E-state index in [9.17, 15) is 9.59 Å². The highest BCUT2D eigenvalue weighted by atomic mass is 16.2. The molecule has 18 heavy (non-hydrogen) atoms. The molecule has 5 nitrogen and oxygen atoms in total. The molecule has 0 radical (unpaired) electrons. The van der Waals surface area contributed by atoms with Crippen LogP contribution in [0.1, 0.15) is 26.2 Å². The molecule has 0 aromatic carbocycles. The summed E-state index contributed by atoms with van der Waals surface area (Å²) in [4.78, 5) is 26.8. The van der Waals surface area contributed by atoms with Crippen molar-refractivity contribution in [1.82, 2.24) is 15.1 Å². The van der Waals surface area contributed by atoms with Crippen LogP contribution in [-0.2, 0) is 9.59 Å². The second-order valence-electron chi connectivity index (χ2n) is 5.33. The van der Waals surface area contributed by atoms with Crippen molar-refractivity contribution in [3.8, 4) is 0 Å². The van der Waals surface area contributed by atoms with Crippen LogP contribution >= 0.6 is 0 Å².